The monoisotopic (exact) mass is 531 g/mol. The molecular formula is C30H37N5O4. The van der Waals surface area contributed by atoms with E-state index in [0.29, 0.717) is 30.8 Å². The quantitative estimate of drug-likeness (QED) is 0.133. The van der Waals surface area contributed by atoms with Gasteiger partial charge in [0.2, 0.25) is 5.91 Å². The number of nitrogens with one attached hydrogen (secondary N) is 2. The van der Waals surface area contributed by atoms with E-state index in [4.69, 9.17) is 20.2 Å². The zero-order chi connectivity index (χ0) is 27.6. The lowest BCUT2D eigenvalue weighted by Gasteiger charge is -2.14. The summed E-state index contributed by atoms with van der Waals surface area (Å²) in [5.41, 5.74) is 8.49. The Labute approximate surface area is 228 Å². The number of amides is 1. The van der Waals surface area contributed by atoms with Crippen LogP contribution in [-0.4, -0.2) is 53.4 Å². The van der Waals surface area contributed by atoms with E-state index in [-0.39, 0.29) is 12.7 Å². The number of benzene rings is 2. The summed E-state index contributed by atoms with van der Waals surface area (Å²) < 4.78 is 11.6. The minimum Gasteiger partial charge on any atom is -0.491 e. The first-order chi connectivity index (χ1) is 19.0. The summed E-state index contributed by atoms with van der Waals surface area (Å²) in [6.45, 7) is 7.36. The second-order valence-electron chi connectivity index (χ2n) is 9.67. The number of unbranched alkanes of at least 4 members (excludes halogenated alkanes) is 1. The number of aliphatic hydroxyl groups excluding tert-OH is 1. The Morgan fingerprint density at radius 1 is 1.03 bits per heavy atom. The van der Waals surface area contributed by atoms with Gasteiger partial charge in [0.15, 0.2) is 0 Å². The predicted molar refractivity (Wildman–Crippen MR) is 154 cm³/mol. The summed E-state index contributed by atoms with van der Waals surface area (Å²) in [6.07, 6.45) is 5.57. The maximum absolute atomic E-state index is 11.6. The van der Waals surface area contributed by atoms with Crippen molar-refractivity contribution in [1.29, 1.82) is 0 Å². The molecule has 2 aromatic carbocycles. The van der Waals surface area contributed by atoms with Crippen LogP contribution >= 0.6 is 0 Å². The van der Waals surface area contributed by atoms with E-state index in [9.17, 15) is 9.90 Å². The molecule has 2 aromatic heterocycles. The second kappa shape index (κ2) is 13.8. The fourth-order valence-electron chi connectivity index (χ4n) is 4.40. The largest absolute Gasteiger partial charge is 0.491 e. The number of primary amides is 1. The highest BCUT2D eigenvalue weighted by Gasteiger charge is 2.11. The van der Waals surface area contributed by atoms with Gasteiger partial charge in [0.25, 0.3) is 0 Å². The Kier molecular flexibility index (Phi) is 10.0. The maximum Gasteiger partial charge on any atom is 0.248 e. The number of aromatic nitrogens is 2. The second-order valence-corrected chi connectivity index (χ2v) is 9.67. The molecule has 206 valence electrons. The molecule has 0 fully saturated rings. The molecule has 5 N–H and O–H groups in total. The van der Waals surface area contributed by atoms with Crippen LogP contribution in [0.3, 0.4) is 0 Å². The van der Waals surface area contributed by atoms with E-state index in [0.717, 1.165) is 64.8 Å². The first-order valence-corrected chi connectivity index (χ1v) is 13.3. The average molecular weight is 532 g/mol. The molecule has 39 heavy (non-hydrogen) atoms. The van der Waals surface area contributed by atoms with Gasteiger partial charge in [-0.2, -0.15) is 0 Å². The van der Waals surface area contributed by atoms with Crippen molar-refractivity contribution < 1.29 is 19.4 Å². The van der Waals surface area contributed by atoms with Crippen molar-refractivity contribution in [3.63, 3.8) is 0 Å². The lowest BCUT2D eigenvalue weighted by Crippen LogP contribution is -2.16. The smallest absolute Gasteiger partial charge is 0.248 e. The number of nitrogens with two attached hydrogens (primary N) is 1. The van der Waals surface area contributed by atoms with Gasteiger partial charge in [-0.15, -0.1) is 0 Å². The summed E-state index contributed by atoms with van der Waals surface area (Å²) in [6, 6.07) is 13.2. The molecule has 0 bridgehead atoms. The van der Waals surface area contributed by atoms with Crippen LogP contribution < -0.4 is 21.1 Å². The molecule has 0 spiro atoms. The number of carbonyl (C=O) groups excluding carboxylic acids is 1. The third-order valence-electron chi connectivity index (χ3n) is 6.30. The molecule has 0 atom stereocenters. The van der Waals surface area contributed by atoms with E-state index in [2.05, 4.69) is 15.6 Å². The summed E-state index contributed by atoms with van der Waals surface area (Å²) in [5.74, 6) is 0.981. The van der Waals surface area contributed by atoms with Crippen molar-refractivity contribution in [3.05, 3.63) is 71.5 Å². The summed E-state index contributed by atoms with van der Waals surface area (Å²) in [7, 11) is 0. The number of rotatable bonds is 15. The molecule has 0 saturated heterocycles. The Bertz CT molecular complexity index is 1410. The number of fused-ring (bicyclic) bond motifs is 3. The lowest BCUT2D eigenvalue weighted by atomic mass is 10.1. The first-order valence-electron chi connectivity index (χ1n) is 13.3. The van der Waals surface area contributed by atoms with E-state index in [1.54, 1.807) is 24.5 Å². The highest BCUT2D eigenvalue weighted by molar-refractivity contribution is 6.11. The van der Waals surface area contributed by atoms with Gasteiger partial charge < -0.3 is 30.9 Å². The molecule has 9 nitrogen and oxygen atoms in total. The topological polar surface area (TPSA) is 132 Å². The van der Waals surface area contributed by atoms with Crippen LogP contribution in [0.2, 0.25) is 0 Å². The number of ether oxygens (including phenoxy) is 2. The Morgan fingerprint density at radius 2 is 1.90 bits per heavy atom. The molecule has 9 heteroatoms. The number of aliphatic hydroxyl groups is 1. The number of pyridine rings is 2. The third kappa shape index (κ3) is 7.63. The summed E-state index contributed by atoms with van der Waals surface area (Å²) in [4.78, 5) is 20.6. The minimum absolute atomic E-state index is 0.0390. The fourth-order valence-corrected chi connectivity index (χ4v) is 4.40. The molecule has 0 aliphatic heterocycles. The van der Waals surface area contributed by atoms with E-state index in [1.165, 1.54) is 0 Å². The van der Waals surface area contributed by atoms with Crippen LogP contribution in [-0.2, 0) is 17.9 Å². The SMILES string of the molecule is CC(C)Oc1ccc(CNCCCCOCCNc2nc3cc(C(N)=O)ccc3c3cnccc23)cc1CO. The highest BCUT2D eigenvalue weighted by atomic mass is 16.5. The molecule has 1 amide bonds. The molecule has 2 heterocycles. The van der Waals surface area contributed by atoms with Crippen LogP contribution in [0.15, 0.2) is 54.9 Å². The highest BCUT2D eigenvalue weighted by Crippen LogP contribution is 2.29. The van der Waals surface area contributed by atoms with Gasteiger partial charge in [-0.1, -0.05) is 12.1 Å². The molecule has 0 saturated carbocycles. The minimum atomic E-state index is -0.482. The maximum atomic E-state index is 11.6. The normalized spacial score (nSPS) is 11.4. The summed E-state index contributed by atoms with van der Waals surface area (Å²) >= 11 is 0. The molecule has 0 unspecified atom stereocenters. The van der Waals surface area contributed by atoms with E-state index in [1.807, 2.05) is 44.2 Å². The van der Waals surface area contributed by atoms with Crippen LogP contribution in [0, 0.1) is 0 Å². The zero-order valence-corrected chi connectivity index (χ0v) is 22.6. The standard InChI is InChI=1S/C30H37N5O4/c1-20(2)39-28-8-5-21(15-23(28)19-36)17-32-10-3-4-13-38-14-12-34-30-25-9-11-33-18-26(25)24-7-6-22(29(31)37)16-27(24)35-30/h5-9,11,15-16,18,20,32,36H,3-4,10,12-14,17,19H2,1-2H3,(H2,31,37)(H,34,35). The fraction of sp³-hybridized carbons (Fsp3) is 0.367. The number of hydrogen-bond acceptors (Lipinski definition) is 8. The van der Waals surface area contributed by atoms with Gasteiger partial charge in [0, 0.05) is 59.4 Å². The van der Waals surface area contributed by atoms with Gasteiger partial charge in [0.1, 0.15) is 11.6 Å². The van der Waals surface area contributed by atoms with Crippen molar-refractivity contribution in [1.82, 2.24) is 15.3 Å². The Balaban J connectivity index is 1.18. The van der Waals surface area contributed by atoms with Crippen LogP contribution in [0.4, 0.5) is 5.82 Å². The van der Waals surface area contributed by atoms with E-state index < -0.39 is 5.91 Å². The predicted octanol–water partition coefficient (Wildman–Crippen LogP) is 4.16. The number of nitrogens with zero attached hydrogens (tertiary/aromatic N) is 2. The molecular weight excluding hydrogens is 494 g/mol. The summed E-state index contributed by atoms with van der Waals surface area (Å²) in [5, 5.41) is 19.3. The lowest BCUT2D eigenvalue weighted by molar-refractivity contribution is 0.100. The average Bonchev–Trinajstić information content (AvgIpc) is 2.94. The molecule has 4 rings (SSSR count). The van der Waals surface area contributed by atoms with Crippen molar-refractivity contribution in [2.24, 2.45) is 5.73 Å². The molecule has 0 radical (unpaired) electrons. The van der Waals surface area contributed by atoms with Crippen LogP contribution in [0.5, 0.6) is 5.75 Å². The van der Waals surface area contributed by atoms with Gasteiger partial charge in [0.05, 0.1) is 24.8 Å². The Hall–Kier alpha value is -3.79. The van der Waals surface area contributed by atoms with Crippen molar-refractivity contribution >= 4 is 33.4 Å². The third-order valence-corrected chi connectivity index (χ3v) is 6.30. The van der Waals surface area contributed by atoms with Gasteiger partial charge >= 0.3 is 0 Å². The van der Waals surface area contributed by atoms with Crippen LogP contribution in [0.1, 0.15) is 48.2 Å². The van der Waals surface area contributed by atoms with Gasteiger partial charge in [-0.3, -0.25) is 9.78 Å². The van der Waals surface area contributed by atoms with Crippen molar-refractivity contribution in [2.75, 3.05) is 31.6 Å². The molecule has 0 aliphatic rings. The number of hydrogen-bond donors (Lipinski definition) is 4. The van der Waals surface area contributed by atoms with Crippen molar-refractivity contribution in [2.45, 2.75) is 45.9 Å². The van der Waals surface area contributed by atoms with Crippen LogP contribution in [0.25, 0.3) is 21.7 Å². The van der Waals surface area contributed by atoms with Crippen molar-refractivity contribution in [3.8, 4) is 5.75 Å². The number of anilines is 1. The molecule has 0 aliphatic carbocycles. The zero-order valence-electron chi connectivity index (χ0n) is 22.6. The first kappa shape index (κ1) is 28.2. The molecule has 4 aromatic rings. The van der Waals surface area contributed by atoms with Gasteiger partial charge in [-0.25, -0.2) is 4.98 Å². The van der Waals surface area contributed by atoms with Gasteiger partial charge in [-0.05, 0) is 69.1 Å². The van der Waals surface area contributed by atoms with E-state index >= 15 is 0 Å². The Morgan fingerprint density at radius 3 is 2.69 bits per heavy atom. The number of carbonyl (C=O) groups is 1.